The van der Waals surface area contributed by atoms with Gasteiger partial charge in [0.15, 0.2) is 0 Å². The summed E-state index contributed by atoms with van der Waals surface area (Å²) in [5, 5.41) is -0.120. The van der Waals surface area contributed by atoms with Gasteiger partial charge >= 0.3 is 12.1 Å². The molecule has 0 spiro atoms. The summed E-state index contributed by atoms with van der Waals surface area (Å²) >= 11 is 1.06. The highest BCUT2D eigenvalue weighted by molar-refractivity contribution is 7.18. The predicted octanol–water partition coefficient (Wildman–Crippen LogP) is 2.59. The van der Waals surface area contributed by atoms with E-state index in [4.69, 9.17) is 5.73 Å². The van der Waals surface area contributed by atoms with E-state index >= 15 is 0 Å². The standard InChI is InChI=1S/C15H14F3N3O3S/c1-6(22)21-4-3-7-8(5-21)25-13-9(7)11(15(16,17)18)10(12(19)20-13)14(23)24-2/h3-5H2,1-2H3,(H2,19,20). The Hall–Kier alpha value is -2.36. The molecule has 2 aromatic heterocycles. The first-order chi connectivity index (χ1) is 11.6. The zero-order chi connectivity index (χ0) is 18.5. The third-order valence-electron chi connectivity index (χ3n) is 4.13. The number of ether oxygens (including phenoxy) is 1. The Balaban J connectivity index is 2.33. The van der Waals surface area contributed by atoms with Gasteiger partial charge in [0.25, 0.3) is 0 Å². The summed E-state index contributed by atoms with van der Waals surface area (Å²) in [6.45, 7) is 1.94. The van der Waals surface area contributed by atoms with E-state index in [1.54, 1.807) is 4.90 Å². The molecule has 0 unspecified atom stereocenters. The number of thiophene rings is 1. The minimum absolute atomic E-state index is 0.105. The van der Waals surface area contributed by atoms with Crippen molar-refractivity contribution in [2.45, 2.75) is 26.1 Å². The van der Waals surface area contributed by atoms with Crippen molar-refractivity contribution in [3.8, 4) is 0 Å². The Morgan fingerprint density at radius 3 is 2.60 bits per heavy atom. The van der Waals surface area contributed by atoms with Gasteiger partial charge in [0.1, 0.15) is 16.2 Å². The third-order valence-corrected chi connectivity index (χ3v) is 5.25. The first-order valence-corrected chi connectivity index (χ1v) is 8.11. The van der Waals surface area contributed by atoms with Gasteiger partial charge < -0.3 is 15.4 Å². The summed E-state index contributed by atoms with van der Waals surface area (Å²) in [6, 6.07) is 0. The number of anilines is 1. The largest absolute Gasteiger partial charge is 0.465 e. The van der Waals surface area contributed by atoms with Crippen molar-refractivity contribution in [1.82, 2.24) is 9.88 Å². The lowest BCUT2D eigenvalue weighted by atomic mass is 9.97. The Labute approximate surface area is 144 Å². The summed E-state index contributed by atoms with van der Waals surface area (Å²) in [7, 11) is 0.986. The number of amides is 1. The molecular formula is C15H14F3N3O3S. The number of aromatic nitrogens is 1. The Bertz CT molecular complexity index is 892. The molecule has 25 heavy (non-hydrogen) atoms. The highest BCUT2D eigenvalue weighted by Gasteiger charge is 2.42. The molecule has 1 amide bonds. The van der Waals surface area contributed by atoms with Crippen molar-refractivity contribution in [1.29, 1.82) is 0 Å². The van der Waals surface area contributed by atoms with Crippen molar-refractivity contribution < 1.29 is 27.5 Å². The fourth-order valence-corrected chi connectivity index (χ4v) is 4.26. The van der Waals surface area contributed by atoms with Gasteiger partial charge in [-0.3, -0.25) is 4.79 Å². The number of fused-ring (bicyclic) bond motifs is 3. The van der Waals surface area contributed by atoms with E-state index in [9.17, 15) is 22.8 Å². The SMILES string of the molecule is COC(=O)c1c(N)nc2sc3c(c2c1C(F)(F)F)CCN(C(C)=O)C3. The first-order valence-electron chi connectivity index (χ1n) is 7.29. The number of hydrogen-bond donors (Lipinski definition) is 1. The minimum atomic E-state index is -4.80. The van der Waals surface area contributed by atoms with E-state index in [2.05, 4.69) is 9.72 Å². The van der Waals surface area contributed by atoms with Gasteiger partial charge in [-0.25, -0.2) is 9.78 Å². The number of hydrogen-bond acceptors (Lipinski definition) is 6. The van der Waals surface area contributed by atoms with Gasteiger partial charge in [0, 0.05) is 23.7 Å². The van der Waals surface area contributed by atoms with E-state index in [1.165, 1.54) is 6.92 Å². The summed E-state index contributed by atoms with van der Waals surface area (Å²) < 4.78 is 45.7. The molecule has 6 nitrogen and oxygen atoms in total. The van der Waals surface area contributed by atoms with Crippen LogP contribution in [0.15, 0.2) is 0 Å². The minimum Gasteiger partial charge on any atom is -0.465 e. The number of esters is 1. The highest BCUT2D eigenvalue weighted by Crippen LogP contribution is 2.45. The van der Waals surface area contributed by atoms with Gasteiger partial charge in [0.05, 0.1) is 19.2 Å². The molecule has 0 fully saturated rings. The van der Waals surface area contributed by atoms with Crippen LogP contribution < -0.4 is 5.73 Å². The number of rotatable bonds is 1. The van der Waals surface area contributed by atoms with Crippen LogP contribution in [0.5, 0.6) is 0 Å². The monoisotopic (exact) mass is 373 g/mol. The van der Waals surface area contributed by atoms with Crippen LogP contribution in [0.1, 0.15) is 33.3 Å². The molecule has 0 saturated carbocycles. The molecule has 0 bridgehead atoms. The number of pyridine rings is 1. The molecule has 10 heteroatoms. The fourth-order valence-electron chi connectivity index (χ4n) is 3.00. The number of alkyl halides is 3. The molecule has 0 radical (unpaired) electrons. The van der Waals surface area contributed by atoms with Crippen LogP contribution in [0, 0.1) is 0 Å². The van der Waals surface area contributed by atoms with Crippen molar-refractivity contribution in [3.63, 3.8) is 0 Å². The lowest BCUT2D eigenvalue weighted by Crippen LogP contribution is -2.33. The second-order valence-electron chi connectivity index (χ2n) is 5.61. The molecule has 0 aliphatic carbocycles. The van der Waals surface area contributed by atoms with Gasteiger partial charge in [-0.1, -0.05) is 0 Å². The van der Waals surface area contributed by atoms with Crippen LogP contribution in [0.3, 0.4) is 0 Å². The Morgan fingerprint density at radius 1 is 1.36 bits per heavy atom. The molecule has 0 atom stereocenters. The maximum Gasteiger partial charge on any atom is 0.418 e. The van der Waals surface area contributed by atoms with E-state index in [0.29, 0.717) is 17.0 Å². The number of nitrogens with zero attached hydrogens (tertiary/aromatic N) is 2. The molecule has 3 rings (SSSR count). The van der Waals surface area contributed by atoms with E-state index < -0.39 is 29.1 Å². The molecule has 0 saturated heterocycles. The van der Waals surface area contributed by atoms with Crippen molar-refractivity contribution >= 4 is 39.2 Å². The number of carbonyl (C=O) groups excluding carboxylic acids is 2. The average molecular weight is 373 g/mol. The zero-order valence-corrected chi connectivity index (χ0v) is 14.2. The number of halogens is 3. The van der Waals surface area contributed by atoms with Crippen molar-refractivity contribution in [2.24, 2.45) is 0 Å². The molecule has 2 aromatic rings. The zero-order valence-electron chi connectivity index (χ0n) is 13.4. The third kappa shape index (κ3) is 2.80. The topological polar surface area (TPSA) is 85.5 Å². The average Bonchev–Trinajstić information content (AvgIpc) is 2.88. The summed E-state index contributed by atoms with van der Waals surface area (Å²) in [4.78, 5) is 29.7. The van der Waals surface area contributed by atoms with Crippen molar-refractivity contribution in [2.75, 3.05) is 19.4 Å². The lowest BCUT2D eigenvalue weighted by molar-refractivity contribution is -0.137. The van der Waals surface area contributed by atoms with E-state index in [-0.39, 0.29) is 29.1 Å². The number of nitrogens with two attached hydrogens (primary N) is 1. The maximum atomic E-state index is 13.8. The van der Waals surface area contributed by atoms with Crippen molar-refractivity contribution in [3.05, 3.63) is 21.6 Å². The number of methoxy groups -OCH3 is 1. The predicted molar refractivity (Wildman–Crippen MR) is 85.2 cm³/mol. The number of nitrogen functional groups attached to an aromatic ring is 1. The summed E-state index contributed by atoms with van der Waals surface area (Å²) in [6.07, 6.45) is -4.55. The van der Waals surface area contributed by atoms with Crippen LogP contribution in [0.2, 0.25) is 0 Å². The van der Waals surface area contributed by atoms with Crippen LogP contribution in [-0.4, -0.2) is 35.4 Å². The lowest BCUT2D eigenvalue weighted by Gasteiger charge is -2.26. The number of carbonyl (C=O) groups is 2. The van der Waals surface area contributed by atoms with Gasteiger partial charge in [0.2, 0.25) is 5.91 Å². The normalized spacial score (nSPS) is 14.5. The van der Waals surface area contributed by atoms with Gasteiger partial charge in [-0.15, -0.1) is 11.3 Å². The van der Waals surface area contributed by atoms with E-state index in [0.717, 1.165) is 18.4 Å². The molecule has 0 aromatic carbocycles. The van der Waals surface area contributed by atoms with Crippen LogP contribution in [0.25, 0.3) is 10.2 Å². The van der Waals surface area contributed by atoms with Gasteiger partial charge in [-0.05, 0) is 12.0 Å². The van der Waals surface area contributed by atoms with Crippen LogP contribution in [0.4, 0.5) is 19.0 Å². The highest BCUT2D eigenvalue weighted by atomic mass is 32.1. The Morgan fingerprint density at radius 2 is 2.04 bits per heavy atom. The maximum absolute atomic E-state index is 13.8. The molecule has 2 N–H and O–H groups in total. The Kier molecular flexibility index (Phi) is 4.10. The molecule has 3 heterocycles. The van der Waals surface area contributed by atoms with Crippen LogP contribution >= 0.6 is 11.3 Å². The van der Waals surface area contributed by atoms with Crippen LogP contribution in [-0.2, 0) is 28.7 Å². The molecule has 1 aliphatic heterocycles. The first kappa shape index (κ1) is 17.5. The second kappa shape index (κ2) is 5.87. The quantitative estimate of drug-likeness (QED) is 0.777. The molecule has 134 valence electrons. The molecular weight excluding hydrogens is 359 g/mol. The summed E-state index contributed by atoms with van der Waals surface area (Å²) in [5.41, 5.74) is 4.20. The smallest absolute Gasteiger partial charge is 0.418 e. The molecule has 1 aliphatic rings. The van der Waals surface area contributed by atoms with E-state index in [1.807, 2.05) is 0 Å². The second-order valence-corrected chi connectivity index (χ2v) is 6.69. The fraction of sp³-hybridized carbons (Fsp3) is 0.400. The summed E-state index contributed by atoms with van der Waals surface area (Å²) in [5.74, 6) is -1.85. The van der Waals surface area contributed by atoms with Gasteiger partial charge in [-0.2, -0.15) is 13.2 Å².